The molecule has 0 radical (unpaired) electrons. The molecule has 1 aromatic carbocycles. The van der Waals surface area contributed by atoms with Crippen LogP contribution in [0.15, 0.2) is 18.3 Å². The number of benzene rings is 1. The summed E-state index contributed by atoms with van der Waals surface area (Å²) in [5.41, 5.74) is 10.4. The molecule has 0 spiro atoms. The zero-order valence-electron chi connectivity index (χ0n) is 7.31. The smallest absolute Gasteiger partial charge is 0.0504 e. The van der Waals surface area contributed by atoms with E-state index < -0.39 is 0 Å². The molecule has 2 rings (SSSR count). The second kappa shape index (κ2) is 2.27. The Morgan fingerprint density at radius 3 is 2.75 bits per heavy atom. The van der Waals surface area contributed by atoms with Crippen molar-refractivity contribution in [3.05, 3.63) is 29.5 Å². The molecule has 0 aliphatic carbocycles. The monoisotopic (exact) mass is 160 g/mol. The number of H-pyrrole nitrogens is 1. The summed E-state index contributed by atoms with van der Waals surface area (Å²) in [4.78, 5) is 3.18. The number of fused-ring (bicyclic) bond motifs is 1. The molecule has 2 aromatic rings. The minimum Gasteiger partial charge on any atom is -0.398 e. The minimum absolute atomic E-state index is 0.886. The second-order valence-electron chi connectivity index (χ2n) is 3.19. The van der Waals surface area contributed by atoms with Gasteiger partial charge in [0.05, 0.1) is 5.52 Å². The molecule has 2 nitrogen and oxygen atoms in total. The summed E-state index contributed by atoms with van der Waals surface area (Å²) in [5.74, 6) is 0. The van der Waals surface area contributed by atoms with Crippen LogP contribution in [0.4, 0.5) is 5.69 Å². The largest absolute Gasteiger partial charge is 0.398 e. The van der Waals surface area contributed by atoms with E-state index in [1.807, 2.05) is 19.2 Å². The van der Waals surface area contributed by atoms with Crippen LogP contribution in [0.3, 0.4) is 0 Å². The van der Waals surface area contributed by atoms with Crippen molar-refractivity contribution < 1.29 is 0 Å². The van der Waals surface area contributed by atoms with Crippen LogP contribution in [0, 0.1) is 13.8 Å². The van der Waals surface area contributed by atoms with E-state index in [0.29, 0.717) is 0 Å². The maximum absolute atomic E-state index is 5.91. The van der Waals surface area contributed by atoms with Gasteiger partial charge in [-0.2, -0.15) is 0 Å². The first kappa shape index (κ1) is 7.22. The molecule has 0 saturated heterocycles. The Bertz CT molecular complexity index is 427. The van der Waals surface area contributed by atoms with Gasteiger partial charge in [0, 0.05) is 17.3 Å². The molecule has 1 aromatic heterocycles. The van der Waals surface area contributed by atoms with Crippen molar-refractivity contribution >= 4 is 16.6 Å². The number of aromatic amines is 1. The summed E-state index contributed by atoms with van der Waals surface area (Å²) in [6, 6.07) is 4.12. The summed E-state index contributed by atoms with van der Waals surface area (Å²) in [6.07, 6.45) is 1.92. The quantitative estimate of drug-likeness (QED) is 0.571. The predicted octanol–water partition coefficient (Wildman–Crippen LogP) is 2.37. The third-order valence-corrected chi connectivity index (χ3v) is 2.29. The fourth-order valence-corrected chi connectivity index (χ4v) is 1.61. The van der Waals surface area contributed by atoms with Gasteiger partial charge < -0.3 is 10.7 Å². The number of nitrogen functional groups attached to an aromatic ring is 1. The summed E-state index contributed by atoms with van der Waals surface area (Å²) in [6.45, 7) is 4.13. The number of hydrogen-bond donors (Lipinski definition) is 2. The first-order valence-corrected chi connectivity index (χ1v) is 4.03. The number of rotatable bonds is 0. The van der Waals surface area contributed by atoms with Crippen LogP contribution in [0.25, 0.3) is 10.9 Å². The minimum atomic E-state index is 0.886. The lowest BCUT2D eigenvalue weighted by molar-refractivity contribution is 1.38. The molecular weight excluding hydrogens is 148 g/mol. The third kappa shape index (κ3) is 0.811. The summed E-state index contributed by atoms with van der Waals surface area (Å²) < 4.78 is 0. The first-order valence-electron chi connectivity index (χ1n) is 4.03. The van der Waals surface area contributed by atoms with Crippen molar-refractivity contribution in [2.45, 2.75) is 13.8 Å². The molecule has 0 aliphatic rings. The van der Waals surface area contributed by atoms with Crippen molar-refractivity contribution in [1.82, 2.24) is 4.98 Å². The van der Waals surface area contributed by atoms with Crippen LogP contribution in [0.1, 0.15) is 11.1 Å². The molecule has 62 valence electrons. The van der Waals surface area contributed by atoms with E-state index in [1.165, 1.54) is 5.56 Å². The number of nitrogens with one attached hydrogen (secondary N) is 1. The molecule has 0 saturated carbocycles. The second-order valence-corrected chi connectivity index (χ2v) is 3.19. The average molecular weight is 160 g/mol. The van der Waals surface area contributed by atoms with Crippen LogP contribution in [-0.2, 0) is 0 Å². The fourth-order valence-electron chi connectivity index (χ4n) is 1.61. The molecule has 0 bridgehead atoms. The van der Waals surface area contributed by atoms with E-state index in [9.17, 15) is 0 Å². The van der Waals surface area contributed by atoms with Gasteiger partial charge in [-0.25, -0.2) is 0 Å². The third-order valence-electron chi connectivity index (χ3n) is 2.29. The first-order chi connectivity index (χ1) is 5.70. The van der Waals surface area contributed by atoms with Crippen LogP contribution in [0.5, 0.6) is 0 Å². The van der Waals surface area contributed by atoms with Gasteiger partial charge in [-0.05, 0) is 31.0 Å². The van der Waals surface area contributed by atoms with Crippen molar-refractivity contribution in [1.29, 1.82) is 0 Å². The maximum Gasteiger partial charge on any atom is 0.0504 e. The predicted molar refractivity (Wildman–Crippen MR) is 52.2 cm³/mol. The molecule has 3 N–H and O–H groups in total. The highest BCUT2D eigenvalue weighted by molar-refractivity contribution is 5.94. The molecule has 0 amide bonds. The molecule has 12 heavy (non-hydrogen) atoms. The Balaban J connectivity index is 2.97. The Hall–Kier alpha value is -1.44. The molecule has 0 fully saturated rings. The van der Waals surface area contributed by atoms with Crippen LogP contribution < -0.4 is 5.73 Å². The van der Waals surface area contributed by atoms with Crippen molar-refractivity contribution in [3.63, 3.8) is 0 Å². The van der Waals surface area contributed by atoms with Gasteiger partial charge in [-0.1, -0.05) is 6.07 Å². The van der Waals surface area contributed by atoms with E-state index in [4.69, 9.17) is 5.73 Å². The average Bonchev–Trinajstić information content (AvgIpc) is 2.48. The Labute approximate surface area is 71.4 Å². The van der Waals surface area contributed by atoms with Gasteiger partial charge in [0.2, 0.25) is 0 Å². The fraction of sp³-hybridized carbons (Fsp3) is 0.200. The van der Waals surface area contributed by atoms with Crippen molar-refractivity contribution in [3.8, 4) is 0 Å². The van der Waals surface area contributed by atoms with E-state index in [2.05, 4.69) is 18.0 Å². The lowest BCUT2D eigenvalue weighted by Crippen LogP contribution is -1.91. The summed E-state index contributed by atoms with van der Waals surface area (Å²) in [5, 5.41) is 1.13. The highest BCUT2D eigenvalue weighted by Crippen LogP contribution is 2.26. The summed E-state index contributed by atoms with van der Waals surface area (Å²) in [7, 11) is 0. The Kier molecular flexibility index (Phi) is 1.37. The Morgan fingerprint density at radius 2 is 2.00 bits per heavy atom. The van der Waals surface area contributed by atoms with Gasteiger partial charge in [0.1, 0.15) is 0 Å². The van der Waals surface area contributed by atoms with Crippen LogP contribution in [-0.4, -0.2) is 4.98 Å². The SMILES string of the molecule is Cc1cc(C)c2[nH]ccc2c1N. The van der Waals surface area contributed by atoms with Crippen LogP contribution in [0.2, 0.25) is 0 Å². The summed E-state index contributed by atoms with van der Waals surface area (Å²) >= 11 is 0. The zero-order valence-corrected chi connectivity index (χ0v) is 7.31. The number of aryl methyl sites for hydroxylation is 2. The van der Waals surface area contributed by atoms with Crippen molar-refractivity contribution in [2.75, 3.05) is 5.73 Å². The molecule has 1 heterocycles. The lowest BCUT2D eigenvalue weighted by atomic mass is 10.1. The van der Waals surface area contributed by atoms with E-state index in [-0.39, 0.29) is 0 Å². The molecular formula is C10H12N2. The highest BCUT2D eigenvalue weighted by atomic mass is 14.7. The van der Waals surface area contributed by atoms with Crippen LogP contribution >= 0.6 is 0 Å². The normalized spacial score (nSPS) is 10.8. The van der Waals surface area contributed by atoms with Gasteiger partial charge in [0.25, 0.3) is 0 Å². The van der Waals surface area contributed by atoms with Gasteiger partial charge in [-0.15, -0.1) is 0 Å². The number of hydrogen-bond acceptors (Lipinski definition) is 1. The van der Waals surface area contributed by atoms with Gasteiger partial charge in [0.15, 0.2) is 0 Å². The van der Waals surface area contributed by atoms with Crippen molar-refractivity contribution in [2.24, 2.45) is 0 Å². The zero-order chi connectivity index (χ0) is 8.72. The topological polar surface area (TPSA) is 41.8 Å². The number of anilines is 1. The highest BCUT2D eigenvalue weighted by Gasteiger charge is 2.04. The van der Waals surface area contributed by atoms with Gasteiger partial charge in [-0.3, -0.25) is 0 Å². The maximum atomic E-state index is 5.91. The van der Waals surface area contributed by atoms with E-state index in [0.717, 1.165) is 22.2 Å². The Morgan fingerprint density at radius 1 is 1.25 bits per heavy atom. The number of aromatic nitrogens is 1. The van der Waals surface area contributed by atoms with Gasteiger partial charge >= 0.3 is 0 Å². The number of nitrogens with two attached hydrogens (primary N) is 1. The molecule has 0 unspecified atom stereocenters. The molecule has 0 atom stereocenters. The van der Waals surface area contributed by atoms with E-state index >= 15 is 0 Å². The van der Waals surface area contributed by atoms with E-state index in [1.54, 1.807) is 0 Å². The standard InChI is InChI=1S/C10H12N2/c1-6-5-7(2)10-8(9(6)11)3-4-12-10/h3-5,12H,11H2,1-2H3. The lowest BCUT2D eigenvalue weighted by Gasteiger charge is -2.04. The molecule has 0 aliphatic heterocycles. The molecule has 2 heteroatoms.